The van der Waals surface area contributed by atoms with Crippen molar-refractivity contribution in [2.75, 3.05) is 9.80 Å². The van der Waals surface area contributed by atoms with Crippen LogP contribution in [0.1, 0.15) is 49.9 Å². The average Bonchev–Trinajstić information content (AvgIpc) is 3.58. The van der Waals surface area contributed by atoms with E-state index in [4.69, 9.17) is 4.99 Å². The van der Waals surface area contributed by atoms with Crippen LogP contribution in [0.4, 0.5) is 39.8 Å². The van der Waals surface area contributed by atoms with E-state index in [0.717, 1.165) is 51.1 Å². The van der Waals surface area contributed by atoms with Crippen molar-refractivity contribution in [1.29, 1.82) is 0 Å². The van der Waals surface area contributed by atoms with Crippen molar-refractivity contribution in [3.8, 4) is 11.1 Å². The first-order chi connectivity index (χ1) is 25.3. The minimum absolute atomic E-state index is 0.189. The Hall–Kier alpha value is -6.19. The molecule has 7 aromatic carbocycles. The van der Waals surface area contributed by atoms with Gasteiger partial charge in [-0.1, -0.05) is 125 Å². The van der Waals surface area contributed by atoms with E-state index in [-0.39, 0.29) is 10.8 Å². The van der Waals surface area contributed by atoms with Gasteiger partial charge in [0.2, 0.25) is 0 Å². The molecule has 0 saturated heterocycles. The second-order valence-corrected chi connectivity index (χ2v) is 14.9. The van der Waals surface area contributed by atoms with Crippen LogP contribution in [0.25, 0.3) is 11.1 Å². The van der Waals surface area contributed by atoms with Crippen molar-refractivity contribution in [3.63, 3.8) is 0 Å². The predicted molar refractivity (Wildman–Crippen MR) is 219 cm³/mol. The van der Waals surface area contributed by atoms with Crippen LogP contribution in [-0.4, -0.2) is 5.71 Å². The summed E-state index contributed by atoms with van der Waals surface area (Å²) in [7, 11) is 0. The molecule has 7 aromatic rings. The zero-order valence-electron chi connectivity index (χ0n) is 30.1. The highest BCUT2D eigenvalue weighted by Gasteiger charge is 2.38. The van der Waals surface area contributed by atoms with Gasteiger partial charge in [0.1, 0.15) is 0 Å². The Kier molecular flexibility index (Phi) is 7.48. The second kappa shape index (κ2) is 12.2. The van der Waals surface area contributed by atoms with Crippen molar-refractivity contribution in [3.05, 3.63) is 198 Å². The van der Waals surface area contributed by atoms with Crippen molar-refractivity contribution < 1.29 is 0 Å². The van der Waals surface area contributed by atoms with Gasteiger partial charge in [-0.25, -0.2) is 0 Å². The third kappa shape index (κ3) is 5.15. The normalized spacial score (nSPS) is 14.6. The third-order valence-corrected chi connectivity index (χ3v) is 11.0. The molecule has 0 radical (unpaired) electrons. The highest BCUT2D eigenvalue weighted by atomic mass is 15.1. The van der Waals surface area contributed by atoms with Gasteiger partial charge in [0.15, 0.2) is 0 Å². The molecule has 0 atom stereocenters. The SMILES string of the molecule is CC1(C)C(c2cccc(N(c3ccccc3)c3ccc4c(c3)C(C)(C)c3cc(N(c5ccccc5)c5ccccc5)ccc3-4)c2)=Nc2ccccc21. The number of nitrogens with zero attached hydrogens (tertiary/aromatic N) is 3. The van der Waals surface area contributed by atoms with Gasteiger partial charge in [0, 0.05) is 45.0 Å². The quantitative estimate of drug-likeness (QED) is 0.168. The maximum atomic E-state index is 5.16. The first-order valence-electron chi connectivity index (χ1n) is 18.1. The highest BCUT2D eigenvalue weighted by Crippen LogP contribution is 2.52. The molecule has 0 amide bonds. The molecule has 0 spiro atoms. The van der Waals surface area contributed by atoms with Gasteiger partial charge in [0.05, 0.1) is 11.4 Å². The summed E-state index contributed by atoms with van der Waals surface area (Å²) >= 11 is 0. The van der Waals surface area contributed by atoms with E-state index in [2.05, 4.69) is 213 Å². The molecule has 1 aliphatic heterocycles. The first kappa shape index (κ1) is 31.8. The standard InChI is InChI=1S/C49H41N3/c1-48(2)44-32-39(51(35-18-8-5-9-19-35)36-20-10-6-11-21-36)27-29-41(44)42-30-28-40(33-45(42)48)52(37-22-12-7-13-23-37)38-24-16-17-34(31-38)47-49(3,4)43-25-14-15-26-46(43)50-47/h5-33H,1-4H3. The fourth-order valence-corrected chi connectivity index (χ4v) is 8.32. The molecular weight excluding hydrogens is 631 g/mol. The third-order valence-electron chi connectivity index (χ3n) is 11.0. The molecule has 3 nitrogen and oxygen atoms in total. The minimum Gasteiger partial charge on any atom is -0.310 e. The number of anilines is 6. The van der Waals surface area contributed by atoms with Crippen LogP contribution in [0.5, 0.6) is 0 Å². The number of hydrogen-bond donors (Lipinski definition) is 0. The van der Waals surface area contributed by atoms with E-state index in [0.29, 0.717) is 0 Å². The molecule has 0 unspecified atom stereocenters. The molecular formula is C49H41N3. The fourth-order valence-electron chi connectivity index (χ4n) is 8.32. The van der Waals surface area contributed by atoms with Gasteiger partial charge in [-0.3, -0.25) is 4.99 Å². The molecule has 1 heterocycles. The maximum absolute atomic E-state index is 5.16. The monoisotopic (exact) mass is 671 g/mol. The molecule has 0 N–H and O–H groups in total. The topological polar surface area (TPSA) is 18.8 Å². The lowest BCUT2D eigenvalue weighted by Gasteiger charge is -2.29. The van der Waals surface area contributed by atoms with Gasteiger partial charge in [0.25, 0.3) is 0 Å². The first-order valence-corrected chi connectivity index (χ1v) is 18.1. The summed E-state index contributed by atoms with van der Waals surface area (Å²) in [5.41, 5.74) is 16.2. The van der Waals surface area contributed by atoms with Gasteiger partial charge >= 0.3 is 0 Å². The zero-order valence-corrected chi connectivity index (χ0v) is 30.1. The van der Waals surface area contributed by atoms with E-state index < -0.39 is 0 Å². The number of fused-ring (bicyclic) bond motifs is 4. The Bertz CT molecular complexity index is 2420. The second-order valence-electron chi connectivity index (χ2n) is 14.9. The average molecular weight is 672 g/mol. The fraction of sp³-hybridized carbons (Fsp3) is 0.122. The smallest absolute Gasteiger partial charge is 0.0675 e. The van der Waals surface area contributed by atoms with E-state index >= 15 is 0 Å². The van der Waals surface area contributed by atoms with Crippen LogP contribution >= 0.6 is 0 Å². The molecule has 9 rings (SSSR count). The molecule has 2 aliphatic rings. The zero-order chi connectivity index (χ0) is 35.5. The van der Waals surface area contributed by atoms with E-state index in [1.54, 1.807) is 0 Å². The lowest BCUT2D eigenvalue weighted by Crippen LogP contribution is -2.26. The molecule has 252 valence electrons. The van der Waals surface area contributed by atoms with Gasteiger partial charge < -0.3 is 9.80 Å². The molecule has 0 fully saturated rings. The molecule has 0 bridgehead atoms. The minimum atomic E-state index is -0.214. The lowest BCUT2D eigenvalue weighted by molar-refractivity contribution is 0.660. The van der Waals surface area contributed by atoms with Crippen LogP contribution < -0.4 is 9.80 Å². The summed E-state index contributed by atoms with van der Waals surface area (Å²) in [6.07, 6.45) is 0. The van der Waals surface area contributed by atoms with E-state index in [1.165, 1.54) is 27.8 Å². The number of benzene rings is 7. The highest BCUT2D eigenvalue weighted by molar-refractivity contribution is 6.12. The summed E-state index contributed by atoms with van der Waals surface area (Å²) < 4.78 is 0. The Balaban J connectivity index is 1.13. The van der Waals surface area contributed by atoms with Crippen molar-refractivity contribution in [1.82, 2.24) is 0 Å². The number of aliphatic imine (C=N–C) groups is 1. The Morgan fingerprint density at radius 2 is 0.808 bits per heavy atom. The van der Waals surface area contributed by atoms with Crippen LogP contribution in [0.15, 0.2) is 181 Å². The summed E-state index contributed by atoms with van der Waals surface area (Å²) in [6, 6.07) is 63.4. The predicted octanol–water partition coefficient (Wildman–Crippen LogP) is 13.3. The van der Waals surface area contributed by atoms with Crippen LogP contribution in [0.3, 0.4) is 0 Å². The van der Waals surface area contributed by atoms with Gasteiger partial charge in [-0.2, -0.15) is 0 Å². The molecule has 3 heteroatoms. The van der Waals surface area contributed by atoms with E-state index in [1.807, 2.05) is 0 Å². The lowest BCUT2D eigenvalue weighted by atomic mass is 9.79. The summed E-state index contributed by atoms with van der Waals surface area (Å²) in [4.78, 5) is 9.90. The molecule has 0 aromatic heterocycles. The number of hydrogen-bond acceptors (Lipinski definition) is 3. The summed E-state index contributed by atoms with van der Waals surface area (Å²) in [6.45, 7) is 9.30. The molecule has 1 aliphatic carbocycles. The van der Waals surface area contributed by atoms with E-state index in [9.17, 15) is 0 Å². The Morgan fingerprint density at radius 3 is 1.33 bits per heavy atom. The van der Waals surface area contributed by atoms with Crippen LogP contribution in [0, 0.1) is 0 Å². The molecule has 0 saturated carbocycles. The van der Waals surface area contributed by atoms with Crippen molar-refractivity contribution in [2.45, 2.75) is 38.5 Å². The van der Waals surface area contributed by atoms with Crippen LogP contribution in [0.2, 0.25) is 0 Å². The summed E-state index contributed by atoms with van der Waals surface area (Å²) in [5.74, 6) is 0. The van der Waals surface area contributed by atoms with Gasteiger partial charge in [-0.15, -0.1) is 0 Å². The number of rotatable bonds is 7. The maximum Gasteiger partial charge on any atom is 0.0675 e. The Labute approximate surface area is 307 Å². The van der Waals surface area contributed by atoms with Crippen LogP contribution in [-0.2, 0) is 10.8 Å². The summed E-state index contributed by atoms with van der Waals surface area (Å²) in [5, 5.41) is 0. The largest absolute Gasteiger partial charge is 0.310 e. The van der Waals surface area contributed by atoms with Crippen molar-refractivity contribution in [2.24, 2.45) is 4.99 Å². The molecule has 52 heavy (non-hydrogen) atoms. The van der Waals surface area contributed by atoms with Gasteiger partial charge in [-0.05, 0) is 112 Å². The van der Waals surface area contributed by atoms with Crippen molar-refractivity contribution >= 4 is 45.5 Å². The Morgan fingerprint density at radius 1 is 0.365 bits per heavy atom. The number of para-hydroxylation sites is 4.